The molecule has 2 aliphatic rings. The second kappa shape index (κ2) is 9.50. The smallest absolute Gasteiger partial charge is 0.254 e. The zero-order valence-corrected chi connectivity index (χ0v) is 19.4. The number of carbonyl (C=O) groups is 1. The fourth-order valence-corrected chi connectivity index (χ4v) is 5.64. The summed E-state index contributed by atoms with van der Waals surface area (Å²) in [6.07, 6.45) is 1.59. The Hall–Kier alpha value is -2.58. The van der Waals surface area contributed by atoms with Gasteiger partial charge in [-0.15, -0.1) is 0 Å². The Labute approximate surface area is 189 Å². The standard InChI is InChI=1S/C24H30N2O5S/c1-17-6-7-18(2)23(14-17)24(27)26-11-8-21(16-26)31-20-5-3-4-19(15-20)25-32(28,29)22-9-12-30-13-10-22/h3-7,14-15,21-22,25H,8-13,16H2,1-2H3/t21-/m0/s1. The Morgan fingerprint density at radius 3 is 2.66 bits per heavy atom. The van der Waals surface area contributed by atoms with Crippen LogP contribution in [-0.2, 0) is 14.8 Å². The number of nitrogens with one attached hydrogen (secondary N) is 1. The van der Waals surface area contributed by atoms with Crippen LogP contribution in [0.5, 0.6) is 5.75 Å². The Morgan fingerprint density at radius 1 is 1.09 bits per heavy atom. The maximum atomic E-state index is 13.0. The molecule has 172 valence electrons. The first kappa shape index (κ1) is 22.6. The number of amides is 1. The molecular weight excluding hydrogens is 428 g/mol. The van der Waals surface area contributed by atoms with E-state index in [0.717, 1.165) is 23.1 Å². The van der Waals surface area contributed by atoms with Gasteiger partial charge >= 0.3 is 0 Å². The van der Waals surface area contributed by atoms with Crippen LogP contribution < -0.4 is 9.46 Å². The highest BCUT2D eigenvalue weighted by molar-refractivity contribution is 7.93. The molecule has 2 aromatic rings. The molecule has 0 unspecified atom stereocenters. The van der Waals surface area contributed by atoms with Crippen LogP contribution in [0.25, 0.3) is 0 Å². The van der Waals surface area contributed by atoms with Crippen molar-refractivity contribution in [2.75, 3.05) is 31.0 Å². The Morgan fingerprint density at radius 2 is 1.88 bits per heavy atom. The summed E-state index contributed by atoms with van der Waals surface area (Å²) >= 11 is 0. The highest BCUT2D eigenvalue weighted by atomic mass is 32.2. The van der Waals surface area contributed by atoms with Crippen LogP contribution in [0.1, 0.15) is 40.7 Å². The van der Waals surface area contributed by atoms with E-state index in [-0.39, 0.29) is 12.0 Å². The van der Waals surface area contributed by atoms with Crippen LogP contribution in [0.2, 0.25) is 0 Å². The summed E-state index contributed by atoms with van der Waals surface area (Å²) in [5.41, 5.74) is 3.24. The molecule has 2 aliphatic heterocycles. The van der Waals surface area contributed by atoms with Crippen LogP contribution in [0.4, 0.5) is 5.69 Å². The van der Waals surface area contributed by atoms with E-state index in [0.29, 0.717) is 50.6 Å². The van der Waals surface area contributed by atoms with Crippen LogP contribution in [-0.4, -0.2) is 56.9 Å². The fourth-order valence-electron chi connectivity index (χ4n) is 4.20. The predicted octanol–water partition coefficient (Wildman–Crippen LogP) is 3.52. The number of hydrogen-bond acceptors (Lipinski definition) is 5. The van der Waals surface area contributed by atoms with Crippen molar-refractivity contribution in [2.45, 2.75) is 44.5 Å². The van der Waals surface area contributed by atoms with Gasteiger partial charge in [0, 0.05) is 37.8 Å². The molecule has 2 saturated heterocycles. The van der Waals surface area contributed by atoms with Gasteiger partial charge in [0.15, 0.2) is 0 Å². The lowest BCUT2D eigenvalue weighted by molar-refractivity contribution is 0.0771. The quantitative estimate of drug-likeness (QED) is 0.716. The first-order valence-corrected chi connectivity index (χ1v) is 12.6. The number of nitrogens with zero attached hydrogens (tertiary/aromatic N) is 1. The lowest BCUT2D eigenvalue weighted by atomic mass is 10.0. The zero-order valence-electron chi connectivity index (χ0n) is 18.5. The van der Waals surface area contributed by atoms with Crippen LogP contribution >= 0.6 is 0 Å². The second-order valence-corrected chi connectivity index (χ2v) is 10.5. The number of hydrogen-bond donors (Lipinski definition) is 1. The summed E-state index contributed by atoms with van der Waals surface area (Å²) in [5.74, 6) is 0.610. The molecule has 32 heavy (non-hydrogen) atoms. The molecule has 0 aromatic heterocycles. The summed E-state index contributed by atoms with van der Waals surface area (Å²) in [6.45, 7) is 6.00. The van der Waals surface area contributed by atoms with E-state index in [1.165, 1.54) is 0 Å². The maximum Gasteiger partial charge on any atom is 0.254 e. The topological polar surface area (TPSA) is 84.9 Å². The van der Waals surface area contributed by atoms with Gasteiger partial charge in [0.05, 0.1) is 17.5 Å². The fraction of sp³-hybridized carbons (Fsp3) is 0.458. The molecule has 2 aromatic carbocycles. The van der Waals surface area contributed by atoms with Gasteiger partial charge in [-0.05, 0) is 50.5 Å². The summed E-state index contributed by atoms with van der Waals surface area (Å²) in [4.78, 5) is 14.8. The maximum absolute atomic E-state index is 13.0. The molecule has 1 amide bonds. The van der Waals surface area contributed by atoms with Crippen LogP contribution in [0.3, 0.4) is 0 Å². The van der Waals surface area contributed by atoms with Gasteiger partial charge in [-0.25, -0.2) is 8.42 Å². The Bertz CT molecular complexity index is 1080. The van der Waals surface area contributed by atoms with Gasteiger partial charge < -0.3 is 14.4 Å². The first-order chi connectivity index (χ1) is 15.3. The van der Waals surface area contributed by atoms with Crippen molar-refractivity contribution < 1.29 is 22.7 Å². The van der Waals surface area contributed by atoms with Crippen molar-refractivity contribution in [2.24, 2.45) is 0 Å². The molecule has 0 radical (unpaired) electrons. The molecule has 0 aliphatic carbocycles. The highest BCUT2D eigenvalue weighted by Gasteiger charge is 2.30. The van der Waals surface area contributed by atoms with Crippen molar-refractivity contribution in [3.8, 4) is 5.75 Å². The van der Waals surface area contributed by atoms with E-state index in [4.69, 9.17) is 9.47 Å². The Kier molecular flexibility index (Phi) is 6.71. The number of rotatable bonds is 6. The minimum absolute atomic E-state index is 0.0234. The molecule has 0 bridgehead atoms. The van der Waals surface area contributed by atoms with Crippen molar-refractivity contribution >= 4 is 21.6 Å². The van der Waals surface area contributed by atoms with Crippen LogP contribution in [0.15, 0.2) is 42.5 Å². The second-order valence-electron chi connectivity index (χ2n) is 8.58. The van der Waals surface area contributed by atoms with E-state index in [1.54, 1.807) is 24.3 Å². The molecule has 4 rings (SSSR count). The van der Waals surface area contributed by atoms with Crippen molar-refractivity contribution in [3.05, 3.63) is 59.2 Å². The van der Waals surface area contributed by atoms with Crippen LogP contribution in [0, 0.1) is 13.8 Å². The zero-order chi connectivity index (χ0) is 22.7. The monoisotopic (exact) mass is 458 g/mol. The van der Waals surface area contributed by atoms with E-state index in [9.17, 15) is 13.2 Å². The molecular formula is C24H30N2O5S. The molecule has 2 heterocycles. The normalized spacial score (nSPS) is 19.7. The Balaban J connectivity index is 1.38. The molecule has 2 fully saturated rings. The van der Waals surface area contributed by atoms with Gasteiger partial charge in [0.1, 0.15) is 11.9 Å². The van der Waals surface area contributed by atoms with Gasteiger partial charge in [-0.3, -0.25) is 9.52 Å². The average Bonchev–Trinajstić information content (AvgIpc) is 3.24. The lowest BCUT2D eigenvalue weighted by Crippen LogP contribution is -2.33. The average molecular weight is 459 g/mol. The van der Waals surface area contributed by atoms with Gasteiger partial charge in [0.2, 0.25) is 10.0 Å². The van der Waals surface area contributed by atoms with E-state index < -0.39 is 15.3 Å². The molecule has 1 atom stereocenters. The minimum atomic E-state index is -3.48. The minimum Gasteiger partial charge on any atom is -0.488 e. The third-order valence-electron chi connectivity index (χ3n) is 6.06. The number of sulfonamides is 1. The molecule has 0 spiro atoms. The number of carbonyl (C=O) groups excluding carboxylic acids is 1. The third kappa shape index (κ3) is 5.24. The molecule has 1 N–H and O–H groups in total. The largest absolute Gasteiger partial charge is 0.488 e. The predicted molar refractivity (Wildman–Crippen MR) is 124 cm³/mol. The van der Waals surface area contributed by atoms with Gasteiger partial charge in [-0.1, -0.05) is 23.8 Å². The highest BCUT2D eigenvalue weighted by Crippen LogP contribution is 2.25. The number of benzene rings is 2. The first-order valence-electron chi connectivity index (χ1n) is 11.0. The number of anilines is 1. The van der Waals surface area contributed by atoms with Crippen molar-refractivity contribution in [1.82, 2.24) is 4.90 Å². The molecule has 0 saturated carbocycles. The summed E-state index contributed by atoms with van der Waals surface area (Å²) < 4.78 is 39.4. The summed E-state index contributed by atoms with van der Waals surface area (Å²) in [6, 6.07) is 12.9. The van der Waals surface area contributed by atoms with Crippen molar-refractivity contribution in [1.29, 1.82) is 0 Å². The SMILES string of the molecule is Cc1ccc(C)c(C(=O)N2CC[C@H](Oc3cccc(NS(=O)(=O)C4CCOCC4)c3)C2)c1. The molecule has 7 nitrogen and oxygen atoms in total. The molecule has 8 heteroatoms. The number of aryl methyl sites for hydroxylation is 2. The lowest BCUT2D eigenvalue weighted by Gasteiger charge is -2.23. The van der Waals surface area contributed by atoms with Gasteiger partial charge in [0.25, 0.3) is 5.91 Å². The van der Waals surface area contributed by atoms with E-state index in [1.807, 2.05) is 36.9 Å². The number of likely N-dealkylation sites (tertiary alicyclic amines) is 1. The van der Waals surface area contributed by atoms with E-state index >= 15 is 0 Å². The third-order valence-corrected chi connectivity index (χ3v) is 7.93. The van der Waals surface area contributed by atoms with Gasteiger partial charge in [-0.2, -0.15) is 0 Å². The van der Waals surface area contributed by atoms with E-state index in [2.05, 4.69) is 4.72 Å². The summed E-state index contributed by atoms with van der Waals surface area (Å²) in [7, 11) is -3.48. The van der Waals surface area contributed by atoms with Crippen molar-refractivity contribution in [3.63, 3.8) is 0 Å². The number of ether oxygens (including phenoxy) is 2. The summed E-state index contributed by atoms with van der Waals surface area (Å²) in [5, 5.41) is -0.444.